The lowest BCUT2D eigenvalue weighted by Crippen LogP contribution is -2.49. The number of rotatable bonds is 9. The molecule has 1 heterocycles. The maximum absolute atomic E-state index is 4.16. The highest BCUT2D eigenvalue weighted by molar-refractivity contribution is 6.61. The third-order valence-corrected chi connectivity index (χ3v) is 15.7. The van der Waals surface area contributed by atoms with Gasteiger partial charge in [-0.25, -0.2) is 0 Å². The normalized spacial score (nSPS) is 18.1. The zero-order valence-corrected chi connectivity index (χ0v) is 41.1. The number of fused-ring (bicyclic) bond motifs is 8. The summed E-state index contributed by atoms with van der Waals surface area (Å²) < 4.78 is 0. The molecule has 12 rings (SSSR count). The highest BCUT2D eigenvalue weighted by Gasteiger charge is 2.43. The first kappa shape index (κ1) is 43.7. The van der Waals surface area contributed by atoms with E-state index in [1.54, 1.807) is 0 Å². The first-order valence-electron chi connectivity index (χ1n) is 25.4. The van der Waals surface area contributed by atoms with Crippen LogP contribution in [0.2, 0.25) is 5.82 Å². The number of hydrogen-bond acceptors (Lipinski definition) is 2. The van der Waals surface area contributed by atoms with Gasteiger partial charge in [0.2, 0.25) is 0 Å². The maximum atomic E-state index is 4.16. The minimum atomic E-state index is -0.183. The molecule has 0 saturated heterocycles. The van der Waals surface area contributed by atoms with E-state index >= 15 is 0 Å². The Morgan fingerprint density at radius 3 is 2.24 bits per heavy atom. The Labute approximate surface area is 415 Å². The van der Waals surface area contributed by atoms with Gasteiger partial charge < -0.3 is 10.2 Å². The Bertz CT molecular complexity index is 3460. The monoisotopic (exact) mass is 902 g/mol. The molecular formula is C67H59BN2. The first-order valence-corrected chi connectivity index (χ1v) is 25.4. The molecule has 0 aromatic heterocycles. The lowest BCUT2D eigenvalue weighted by atomic mass is 9.49. The molecule has 5 aliphatic rings. The van der Waals surface area contributed by atoms with Crippen molar-refractivity contribution in [3.8, 4) is 33.4 Å². The summed E-state index contributed by atoms with van der Waals surface area (Å²) in [5.41, 5.74) is 28.5. The molecule has 70 heavy (non-hydrogen) atoms. The lowest BCUT2D eigenvalue weighted by Gasteiger charge is -2.46. The highest BCUT2D eigenvalue weighted by atomic mass is 15.2. The summed E-state index contributed by atoms with van der Waals surface area (Å²) in [4.78, 5) is 2.72. The third-order valence-electron chi connectivity index (χ3n) is 15.7. The second kappa shape index (κ2) is 17.7. The highest BCUT2D eigenvalue weighted by Crippen LogP contribution is 2.55. The predicted octanol–water partition coefficient (Wildman–Crippen LogP) is 16.6. The molecule has 340 valence electrons. The molecule has 1 N–H and O–H groups in total. The van der Waals surface area contributed by atoms with Gasteiger partial charge in [0.1, 0.15) is 0 Å². The Kier molecular flexibility index (Phi) is 11.1. The molecule has 0 amide bonds. The van der Waals surface area contributed by atoms with Gasteiger partial charge in [0.05, 0.1) is 6.04 Å². The average molecular weight is 903 g/mol. The van der Waals surface area contributed by atoms with Gasteiger partial charge in [-0.1, -0.05) is 194 Å². The van der Waals surface area contributed by atoms with Gasteiger partial charge in [-0.05, 0) is 166 Å². The summed E-state index contributed by atoms with van der Waals surface area (Å²) in [6, 6.07) is 53.3. The Morgan fingerprint density at radius 1 is 0.657 bits per heavy atom. The van der Waals surface area contributed by atoms with Crippen molar-refractivity contribution in [3.05, 3.63) is 250 Å². The third kappa shape index (κ3) is 7.51. The minimum Gasteiger partial charge on any atom is -0.355 e. The lowest BCUT2D eigenvalue weighted by molar-refractivity contribution is 0.660. The smallest absolute Gasteiger partial charge is 0.171 e. The SMILES string of the molecule is C/C=C\C=C/C=Cc1cc(C)ccc1Nc1cc2c(cc1-c1c3c(cc4c1Cc1ccccc1-4)N(c1ccc(C4=CCCC=C4)cc1)C1C(C)=CC(c4ccccc4)=CC1B3)C(C)(C)c1ccccc1-2. The summed E-state index contributed by atoms with van der Waals surface area (Å²) in [5, 5.41) is 4.16. The maximum Gasteiger partial charge on any atom is 0.171 e. The fraction of sp³-hybridized carbons (Fsp3) is 0.164. The number of hydrogen-bond donors (Lipinski definition) is 1. The summed E-state index contributed by atoms with van der Waals surface area (Å²) in [6.07, 6.45) is 27.8. The van der Waals surface area contributed by atoms with Crippen molar-refractivity contribution < 1.29 is 0 Å². The van der Waals surface area contributed by atoms with Crippen molar-refractivity contribution in [1.29, 1.82) is 0 Å². The molecule has 0 saturated carbocycles. The molecule has 4 aliphatic carbocycles. The number of anilines is 4. The first-order chi connectivity index (χ1) is 34.2. The van der Waals surface area contributed by atoms with Crippen LogP contribution >= 0.6 is 0 Å². The molecule has 0 bridgehead atoms. The molecule has 0 fully saturated rings. The topological polar surface area (TPSA) is 15.3 Å². The van der Waals surface area contributed by atoms with Crippen molar-refractivity contribution >= 4 is 52.7 Å². The van der Waals surface area contributed by atoms with Crippen LogP contribution < -0.4 is 15.7 Å². The van der Waals surface area contributed by atoms with E-state index in [1.165, 1.54) is 106 Å². The van der Waals surface area contributed by atoms with Crippen LogP contribution in [0.3, 0.4) is 0 Å². The standard InChI is InChI=1S/C67H59BN2/c1-6-7-8-9-12-26-49-36-43(2)30-35-61(49)69-62-41-55-53-28-19-20-29-58(53)67(4,5)59(55)40-57(62)64-56-38-48-25-17-18-27-52(48)54(56)42-63-65(64)68-60-39-50(46-23-15-11-16-24-46)37-44(3)66(60)70(63)51-33-31-47(32-34-51)45-21-13-10-14-22-45/h6-9,11-13,15-37,39-42,60,66,68-69H,10,14,38H2,1-5H3/b7-6-,9-8-,26-12?. The van der Waals surface area contributed by atoms with Crippen LogP contribution in [0.25, 0.3) is 50.6 Å². The van der Waals surface area contributed by atoms with E-state index in [2.05, 4.69) is 251 Å². The Balaban J connectivity index is 1.13. The quantitative estimate of drug-likeness (QED) is 0.115. The molecule has 3 heteroatoms. The van der Waals surface area contributed by atoms with E-state index in [-0.39, 0.29) is 17.3 Å². The summed E-state index contributed by atoms with van der Waals surface area (Å²) in [6.45, 7) is 11.4. The van der Waals surface area contributed by atoms with Gasteiger partial charge >= 0.3 is 0 Å². The fourth-order valence-corrected chi connectivity index (χ4v) is 12.3. The van der Waals surface area contributed by atoms with E-state index in [0.717, 1.165) is 43.5 Å². The van der Waals surface area contributed by atoms with E-state index in [1.807, 2.05) is 0 Å². The van der Waals surface area contributed by atoms with Crippen LogP contribution in [0.1, 0.15) is 85.0 Å². The van der Waals surface area contributed by atoms with Crippen LogP contribution in [-0.2, 0) is 11.8 Å². The molecule has 2 nitrogen and oxygen atoms in total. The molecule has 0 spiro atoms. The largest absolute Gasteiger partial charge is 0.355 e. The van der Waals surface area contributed by atoms with Crippen molar-refractivity contribution in [1.82, 2.24) is 0 Å². The van der Waals surface area contributed by atoms with E-state index in [9.17, 15) is 0 Å². The number of allylic oxidation sites excluding steroid dienone is 11. The van der Waals surface area contributed by atoms with Crippen molar-refractivity contribution in [2.75, 3.05) is 10.2 Å². The second-order valence-electron chi connectivity index (χ2n) is 20.5. The van der Waals surface area contributed by atoms with Gasteiger partial charge in [0.25, 0.3) is 0 Å². The Morgan fingerprint density at radius 2 is 1.43 bits per heavy atom. The molecule has 2 unspecified atom stereocenters. The number of nitrogens with zero attached hydrogens (tertiary/aromatic N) is 1. The van der Waals surface area contributed by atoms with Crippen LogP contribution in [0.5, 0.6) is 0 Å². The molecule has 2 atom stereocenters. The molecule has 0 radical (unpaired) electrons. The van der Waals surface area contributed by atoms with Gasteiger partial charge in [0, 0.05) is 33.7 Å². The molecule has 1 aliphatic heterocycles. The minimum absolute atomic E-state index is 0.150. The zero-order valence-electron chi connectivity index (χ0n) is 41.1. The van der Waals surface area contributed by atoms with Crippen molar-refractivity contribution in [3.63, 3.8) is 0 Å². The average Bonchev–Trinajstić information content (AvgIpc) is 3.86. The van der Waals surface area contributed by atoms with E-state index in [4.69, 9.17) is 0 Å². The van der Waals surface area contributed by atoms with Crippen LogP contribution in [0.15, 0.2) is 206 Å². The zero-order chi connectivity index (χ0) is 47.5. The molecular weight excluding hydrogens is 844 g/mol. The van der Waals surface area contributed by atoms with Gasteiger partial charge in [-0.2, -0.15) is 0 Å². The second-order valence-corrected chi connectivity index (χ2v) is 20.5. The number of benzene rings is 7. The molecule has 7 aromatic carbocycles. The van der Waals surface area contributed by atoms with Crippen LogP contribution in [0, 0.1) is 6.92 Å². The van der Waals surface area contributed by atoms with Crippen LogP contribution in [-0.4, -0.2) is 13.3 Å². The number of aryl methyl sites for hydroxylation is 1. The van der Waals surface area contributed by atoms with E-state index < -0.39 is 0 Å². The molecule has 7 aromatic rings. The number of nitrogens with one attached hydrogen (secondary N) is 1. The van der Waals surface area contributed by atoms with Crippen LogP contribution in [0.4, 0.5) is 22.7 Å². The van der Waals surface area contributed by atoms with Gasteiger partial charge in [0.15, 0.2) is 7.28 Å². The summed E-state index contributed by atoms with van der Waals surface area (Å²) in [5.74, 6) is 0.230. The predicted molar refractivity (Wildman–Crippen MR) is 303 cm³/mol. The Hall–Kier alpha value is -7.62. The van der Waals surface area contributed by atoms with Gasteiger partial charge in [-0.3, -0.25) is 0 Å². The summed E-state index contributed by atoms with van der Waals surface area (Å²) in [7, 11) is 0.921. The fourth-order valence-electron chi connectivity index (χ4n) is 12.3. The summed E-state index contributed by atoms with van der Waals surface area (Å²) >= 11 is 0. The van der Waals surface area contributed by atoms with Crippen molar-refractivity contribution in [2.24, 2.45) is 0 Å². The van der Waals surface area contributed by atoms with Gasteiger partial charge in [-0.15, -0.1) is 0 Å². The van der Waals surface area contributed by atoms with Crippen molar-refractivity contribution in [2.45, 2.75) is 71.2 Å². The van der Waals surface area contributed by atoms with E-state index in [0.29, 0.717) is 0 Å².